The van der Waals surface area contributed by atoms with Crippen LogP contribution in [0.25, 0.3) is 0 Å². The van der Waals surface area contributed by atoms with Crippen molar-refractivity contribution >= 4 is 17.6 Å². The van der Waals surface area contributed by atoms with Gasteiger partial charge in [-0.05, 0) is 12.1 Å². The van der Waals surface area contributed by atoms with E-state index in [1.807, 2.05) is 0 Å². The number of carbonyl (C=O) groups is 1. The largest absolute Gasteiger partial charge is 0.478 e. The van der Waals surface area contributed by atoms with Crippen LogP contribution < -0.4 is 4.74 Å². The van der Waals surface area contributed by atoms with E-state index in [0.717, 1.165) is 18.2 Å². The molecule has 0 atom stereocenters. The Labute approximate surface area is 106 Å². The quantitative estimate of drug-likeness (QED) is 0.927. The number of rotatable bonds is 3. The Hall–Kier alpha value is -2.21. The van der Waals surface area contributed by atoms with Crippen LogP contribution in [0.4, 0.5) is 4.39 Å². The molecule has 0 radical (unpaired) electrons. The summed E-state index contributed by atoms with van der Waals surface area (Å²) >= 11 is 5.59. The minimum absolute atomic E-state index is 0.118. The number of aromatic nitrogens is 2. The Morgan fingerprint density at radius 3 is 2.61 bits per heavy atom. The molecule has 5 nitrogen and oxygen atoms in total. The number of aromatic carboxylic acids is 1. The van der Waals surface area contributed by atoms with Crippen molar-refractivity contribution in [3.8, 4) is 11.8 Å². The second kappa shape index (κ2) is 4.97. The van der Waals surface area contributed by atoms with Gasteiger partial charge in [-0.2, -0.15) is 0 Å². The lowest BCUT2D eigenvalue weighted by molar-refractivity contribution is 0.0694. The van der Waals surface area contributed by atoms with Gasteiger partial charge < -0.3 is 9.84 Å². The first-order chi connectivity index (χ1) is 8.56. The Bertz CT molecular complexity index is 589. The molecule has 0 spiro atoms. The normalized spacial score (nSPS) is 10.1. The number of hydrogen-bond acceptors (Lipinski definition) is 4. The highest BCUT2D eigenvalue weighted by Crippen LogP contribution is 2.24. The van der Waals surface area contributed by atoms with Crippen LogP contribution in [0.1, 0.15) is 10.4 Å². The monoisotopic (exact) mass is 268 g/mol. The lowest BCUT2D eigenvalue weighted by atomic mass is 10.2. The molecule has 1 aromatic carbocycles. The van der Waals surface area contributed by atoms with Crippen LogP contribution >= 0.6 is 11.6 Å². The summed E-state index contributed by atoms with van der Waals surface area (Å²) in [6.45, 7) is 0. The van der Waals surface area contributed by atoms with E-state index >= 15 is 0 Å². The van der Waals surface area contributed by atoms with Crippen molar-refractivity contribution in [3.63, 3.8) is 0 Å². The smallest absolute Gasteiger partial charge is 0.339 e. The van der Waals surface area contributed by atoms with E-state index in [-0.39, 0.29) is 17.3 Å². The fourth-order valence-corrected chi connectivity index (χ4v) is 1.31. The van der Waals surface area contributed by atoms with Crippen molar-refractivity contribution in [2.45, 2.75) is 0 Å². The molecule has 0 fully saturated rings. The number of ether oxygens (including phenoxy) is 1. The van der Waals surface area contributed by atoms with Crippen LogP contribution in [-0.2, 0) is 0 Å². The van der Waals surface area contributed by atoms with Crippen molar-refractivity contribution in [1.29, 1.82) is 0 Å². The summed E-state index contributed by atoms with van der Waals surface area (Å²) in [5.74, 6) is -2.03. The molecule has 0 aliphatic rings. The van der Waals surface area contributed by atoms with Crippen molar-refractivity contribution in [1.82, 2.24) is 9.97 Å². The first-order valence-electron chi connectivity index (χ1n) is 4.74. The van der Waals surface area contributed by atoms with E-state index in [1.165, 1.54) is 12.4 Å². The Kier molecular flexibility index (Phi) is 3.38. The predicted molar refractivity (Wildman–Crippen MR) is 60.5 cm³/mol. The van der Waals surface area contributed by atoms with E-state index in [2.05, 4.69) is 9.97 Å². The second-order valence-electron chi connectivity index (χ2n) is 3.23. The zero-order chi connectivity index (χ0) is 13.1. The van der Waals surface area contributed by atoms with Gasteiger partial charge in [-0.15, -0.1) is 0 Å². The van der Waals surface area contributed by atoms with Crippen molar-refractivity contribution in [2.75, 3.05) is 0 Å². The Balaban J connectivity index is 2.35. The molecular weight excluding hydrogens is 263 g/mol. The molecule has 0 aliphatic carbocycles. The highest BCUT2D eigenvalue weighted by atomic mass is 35.5. The van der Waals surface area contributed by atoms with Gasteiger partial charge in [0, 0.05) is 6.07 Å². The number of carboxylic acid groups (broad SMARTS) is 1. The summed E-state index contributed by atoms with van der Waals surface area (Å²) in [6, 6.07) is 2.95. The summed E-state index contributed by atoms with van der Waals surface area (Å²) in [7, 11) is 0. The summed E-state index contributed by atoms with van der Waals surface area (Å²) in [5, 5.41) is 9.22. The highest BCUT2D eigenvalue weighted by molar-refractivity contribution is 6.30. The lowest BCUT2D eigenvalue weighted by Crippen LogP contribution is -2.01. The van der Waals surface area contributed by atoms with E-state index in [0.29, 0.717) is 5.02 Å². The van der Waals surface area contributed by atoms with Gasteiger partial charge in [0.1, 0.15) is 17.1 Å². The molecule has 7 heteroatoms. The topological polar surface area (TPSA) is 72.3 Å². The molecule has 92 valence electrons. The fourth-order valence-electron chi connectivity index (χ4n) is 1.21. The molecule has 0 unspecified atom stereocenters. The SMILES string of the molecule is O=C(O)c1ccc(F)cc1Oc1ncc(Cl)cn1. The van der Waals surface area contributed by atoms with Crippen LogP contribution in [-0.4, -0.2) is 21.0 Å². The van der Waals surface area contributed by atoms with Gasteiger partial charge in [0.05, 0.1) is 17.4 Å². The number of benzene rings is 1. The van der Waals surface area contributed by atoms with Crippen molar-refractivity contribution < 1.29 is 19.0 Å². The van der Waals surface area contributed by atoms with Gasteiger partial charge in [-0.25, -0.2) is 19.2 Å². The third kappa shape index (κ3) is 2.72. The lowest BCUT2D eigenvalue weighted by Gasteiger charge is -2.06. The zero-order valence-electron chi connectivity index (χ0n) is 8.80. The van der Waals surface area contributed by atoms with E-state index < -0.39 is 11.8 Å². The Morgan fingerprint density at radius 1 is 1.33 bits per heavy atom. The minimum atomic E-state index is -1.24. The molecule has 0 aliphatic heterocycles. The summed E-state index contributed by atoms with van der Waals surface area (Å²) in [6.07, 6.45) is 2.56. The van der Waals surface area contributed by atoms with Crippen molar-refractivity contribution in [2.24, 2.45) is 0 Å². The van der Waals surface area contributed by atoms with Gasteiger partial charge in [-0.1, -0.05) is 11.6 Å². The maximum atomic E-state index is 13.0. The third-order valence-electron chi connectivity index (χ3n) is 1.97. The molecule has 18 heavy (non-hydrogen) atoms. The third-order valence-corrected chi connectivity index (χ3v) is 2.17. The zero-order valence-corrected chi connectivity index (χ0v) is 9.56. The van der Waals surface area contributed by atoms with Crippen molar-refractivity contribution in [3.05, 3.63) is 47.0 Å². The van der Waals surface area contributed by atoms with Gasteiger partial charge in [0.2, 0.25) is 0 Å². The highest BCUT2D eigenvalue weighted by Gasteiger charge is 2.14. The van der Waals surface area contributed by atoms with Crippen LogP contribution in [0.15, 0.2) is 30.6 Å². The van der Waals surface area contributed by atoms with Crippen LogP contribution in [0.2, 0.25) is 5.02 Å². The van der Waals surface area contributed by atoms with Gasteiger partial charge in [-0.3, -0.25) is 0 Å². The number of carboxylic acids is 1. The molecule has 0 amide bonds. The first-order valence-corrected chi connectivity index (χ1v) is 5.12. The maximum absolute atomic E-state index is 13.0. The van der Waals surface area contributed by atoms with Gasteiger partial charge >= 0.3 is 12.0 Å². The molecule has 1 aromatic heterocycles. The van der Waals surface area contributed by atoms with E-state index in [1.54, 1.807) is 0 Å². The molecule has 0 saturated heterocycles. The van der Waals surface area contributed by atoms with Crippen LogP contribution in [0, 0.1) is 5.82 Å². The van der Waals surface area contributed by atoms with E-state index in [9.17, 15) is 9.18 Å². The predicted octanol–water partition coefficient (Wildman–Crippen LogP) is 2.76. The van der Waals surface area contributed by atoms with Crippen LogP contribution in [0.3, 0.4) is 0 Å². The fraction of sp³-hybridized carbons (Fsp3) is 0. The van der Waals surface area contributed by atoms with E-state index in [4.69, 9.17) is 21.4 Å². The molecule has 0 bridgehead atoms. The molecule has 2 aromatic rings. The second-order valence-corrected chi connectivity index (χ2v) is 3.67. The summed E-state index contributed by atoms with van der Waals surface area (Å²) < 4.78 is 18.1. The average molecular weight is 269 g/mol. The van der Waals surface area contributed by atoms with Gasteiger partial charge in [0.25, 0.3) is 0 Å². The number of halogens is 2. The molecule has 2 rings (SSSR count). The number of nitrogens with zero attached hydrogens (tertiary/aromatic N) is 2. The van der Waals surface area contributed by atoms with Crippen LogP contribution in [0.5, 0.6) is 11.8 Å². The molecule has 0 saturated carbocycles. The summed E-state index contributed by atoms with van der Waals surface area (Å²) in [5.41, 5.74) is -0.185. The maximum Gasteiger partial charge on any atom is 0.339 e. The van der Waals surface area contributed by atoms with Gasteiger partial charge in [0.15, 0.2) is 0 Å². The Morgan fingerprint density at radius 2 is 2.00 bits per heavy atom. The first kappa shape index (κ1) is 12.3. The molecule has 1 heterocycles. The average Bonchev–Trinajstić information content (AvgIpc) is 2.32. The summed E-state index contributed by atoms with van der Waals surface area (Å²) in [4.78, 5) is 18.4. The standard InChI is InChI=1S/C11H6ClFN2O3/c12-6-4-14-11(15-5-6)18-9-3-7(13)1-2-8(9)10(16)17/h1-5H,(H,16,17). The number of hydrogen-bond donors (Lipinski definition) is 1. The minimum Gasteiger partial charge on any atom is -0.478 e. The molecule has 1 N–H and O–H groups in total. The molecular formula is C11H6ClFN2O3.